The van der Waals surface area contributed by atoms with E-state index in [4.69, 9.17) is 11.6 Å². The van der Waals surface area contributed by atoms with Gasteiger partial charge in [0.2, 0.25) is 0 Å². The zero-order valence-electron chi connectivity index (χ0n) is 18.8. The van der Waals surface area contributed by atoms with E-state index in [2.05, 4.69) is 9.88 Å². The van der Waals surface area contributed by atoms with Crippen molar-refractivity contribution in [2.45, 2.75) is 44.2 Å². The number of hydrogen-bond donors (Lipinski definition) is 1. The lowest BCUT2D eigenvalue weighted by molar-refractivity contribution is -0.0246. The Bertz CT molecular complexity index is 958. The van der Waals surface area contributed by atoms with Crippen LogP contribution in [0.3, 0.4) is 0 Å². The minimum absolute atomic E-state index is 0.0241. The predicted molar refractivity (Wildman–Crippen MR) is 124 cm³/mol. The summed E-state index contributed by atoms with van der Waals surface area (Å²) < 4.78 is 1.81. The van der Waals surface area contributed by atoms with Gasteiger partial charge >= 0.3 is 0 Å². The molecule has 6 nitrogen and oxygen atoms in total. The molecule has 3 fully saturated rings. The topological polar surface area (TPSA) is 61.6 Å². The third kappa shape index (κ3) is 4.73. The van der Waals surface area contributed by atoms with E-state index in [-0.39, 0.29) is 5.91 Å². The van der Waals surface area contributed by atoms with Crippen LogP contribution in [0.5, 0.6) is 0 Å². The van der Waals surface area contributed by atoms with Crippen molar-refractivity contribution in [1.29, 1.82) is 0 Å². The smallest absolute Gasteiger partial charge is 0.274 e. The van der Waals surface area contributed by atoms with Crippen molar-refractivity contribution in [1.82, 2.24) is 19.4 Å². The number of hydrogen-bond acceptors (Lipinski definition) is 4. The molecule has 0 bridgehead atoms. The van der Waals surface area contributed by atoms with Gasteiger partial charge in [-0.2, -0.15) is 0 Å². The second-order valence-electron chi connectivity index (χ2n) is 10.2. The first kappa shape index (κ1) is 21.9. The second-order valence-corrected chi connectivity index (χ2v) is 10.6. The molecule has 2 aromatic rings. The van der Waals surface area contributed by atoms with E-state index in [0.717, 1.165) is 57.4 Å². The molecule has 2 atom stereocenters. The molecule has 1 saturated heterocycles. The van der Waals surface area contributed by atoms with Gasteiger partial charge in [-0.3, -0.25) is 9.69 Å². The number of carbonyl (C=O) groups is 1. The van der Waals surface area contributed by atoms with Crippen molar-refractivity contribution in [3.05, 3.63) is 53.1 Å². The molecule has 0 radical (unpaired) electrons. The standard InChI is InChI=1S/C25H33ClN4O2/c1-28-15-23(27-17-28)24(31)30(11-18-6-5-7-19(26)10-18)14-22-20-12-29(13-21(20)22)16-25(32)8-3-2-4-9-25/h5-7,10,15,17,20-22,32H,2-4,8-9,11-14,16H2,1H3. The predicted octanol–water partition coefficient (Wildman–Crippen LogP) is 3.59. The summed E-state index contributed by atoms with van der Waals surface area (Å²) in [6, 6.07) is 7.74. The van der Waals surface area contributed by atoms with Crippen molar-refractivity contribution in [2.75, 3.05) is 26.2 Å². The highest BCUT2D eigenvalue weighted by Gasteiger charge is 2.56. The highest BCUT2D eigenvalue weighted by molar-refractivity contribution is 6.30. The number of likely N-dealkylation sites (tertiary alicyclic amines) is 1. The molecule has 32 heavy (non-hydrogen) atoms. The quantitative estimate of drug-likeness (QED) is 0.691. The average molecular weight is 457 g/mol. The molecule has 2 aliphatic carbocycles. The van der Waals surface area contributed by atoms with Gasteiger partial charge in [0.25, 0.3) is 5.91 Å². The van der Waals surface area contributed by atoms with Crippen LogP contribution in [0.2, 0.25) is 5.02 Å². The SMILES string of the molecule is Cn1cnc(C(=O)N(Cc2cccc(Cl)c2)CC2C3CN(CC4(O)CCCCC4)CC32)c1. The van der Waals surface area contributed by atoms with Gasteiger partial charge in [-0.15, -0.1) is 0 Å². The Labute approximate surface area is 195 Å². The van der Waals surface area contributed by atoms with E-state index < -0.39 is 5.60 Å². The first-order valence-electron chi connectivity index (χ1n) is 11.9. The van der Waals surface area contributed by atoms with Crippen molar-refractivity contribution in [2.24, 2.45) is 24.8 Å². The molecule has 0 spiro atoms. The van der Waals surface area contributed by atoms with Crippen molar-refractivity contribution < 1.29 is 9.90 Å². The molecule has 2 unspecified atom stereocenters. The molecule has 1 aromatic heterocycles. The van der Waals surface area contributed by atoms with Gasteiger partial charge in [-0.1, -0.05) is 43.0 Å². The Morgan fingerprint density at radius 3 is 2.66 bits per heavy atom. The number of rotatable bonds is 7. The lowest BCUT2D eigenvalue weighted by atomic mass is 9.84. The summed E-state index contributed by atoms with van der Waals surface area (Å²) in [4.78, 5) is 22.0. The lowest BCUT2D eigenvalue weighted by Gasteiger charge is -2.36. The zero-order chi connectivity index (χ0) is 22.3. The summed E-state index contributed by atoms with van der Waals surface area (Å²) in [5.41, 5.74) is 1.04. The number of aryl methyl sites for hydroxylation is 1. The maximum absolute atomic E-state index is 13.3. The fourth-order valence-electron chi connectivity index (χ4n) is 5.94. The highest BCUT2D eigenvalue weighted by Crippen LogP contribution is 2.52. The molecular formula is C25H33ClN4O2. The summed E-state index contributed by atoms with van der Waals surface area (Å²) in [7, 11) is 1.88. The summed E-state index contributed by atoms with van der Waals surface area (Å²) in [5, 5.41) is 11.6. The summed E-state index contributed by atoms with van der Waals surface area (Å²) in [5.74, 6) is 1.75. The Kier molecular flexibility index (Phi) is 6.03. The number of halogens is 1. The van der Waals surface area contributed by atoms with E-state index in [1.165, 1.54) is 6.42 Å². The number of aromatic nitrogens is 2. The van der Waals surface area contributed by atoms with Crippen LogP contribution >= 0.6 is 11.6 Å². The summed E-state index contributed by atoms with van der Waals surface area (Å²) in [6.07, 6.45) is 8.88. The van der Waals surface area contributed by atoms with Gasteiger partial charge in [-0.05, 0) is 48.3 Å². The number of β-amino-alcohol motifs (C(OH)–C–C–N with tert-alkyl or cyclic N) is 1. The van der Waals surface area contributed by atoms with Crippen molar-refractivity contribution >= 4 is 17.5 Å². The van der Waals surface area contributed by atoms with E-state index >= 15 is 0 Å². The Morgan fingerprint density at radius 1 is 1.25 bits per heavy atom. The Hall–Kier alpha value is -1.89. The molecule has 1 aliphatic heterocycles. The first-order chi connectivity index (χ1) is 15.4. The third-order valence-corrected chi connectivity index (χ3v) is 7.89. The van der Waals surface area contributed by atoms with Gasteiger partial charge in [0.15, 0.2) is 0 Å². The summed E-state index contributed by atoms with van der Waals surface area (Å²) >= 11 is 6.19. The molecule has 2 heterocycles. The molecule has 1 N–H and O–H groups in total. The van der Waals surface area contributed by atoms with Crippen molar-refractivity contribution in [3.63, 3.8) is 0 Å². The second kappa shape index (κ2) is 8.81. The Morgan fingerprint density at radius 2 is 2.00 bits per heavy atom. The van der Waals surface area contributed by atoms with E-state index in [0.29, 0.717) is 35.0 Å². The van der Waals surface area contributed by atoms with Gasteiger partial charge in [0.05, 0.1) is 11.9 Å². The van der Waals surface area contributed by atoms with Crippen LogP contribution in [0.25, 0.3) is 0 Å². The number of nitrogens with zero attached hydrogens (tertiary/aromatic N) is 4. The van der Waals surface area contributed by atoms with Crippen LogP contribution in [0, 0.1) is 17.8 Å². The van der Waals surface area contributed by atoms with Crippen LogP contribution in [-0.2, 0) is 13.6 Å². The fourth-order valence-corrected chi connectivity index (χ4v) is 6.15. The molecule has 172 valence electrons. The molecule has 5 rings (SSSR count). The van der Waals surface area contributed by atoms with Gasteiger partial charge in [-0.25, -0.2) is 4.98 Å². The minimum atomic E-state index is -0.488. The van der Waals surface area contributed by atoms with E-state index in [1.54, 1.807) is 12.5 Å². The van der Waals surface area contributed by atoms with Gasteiger partial charge in [0, 0.05) is 51.0 Å². The van der Waals surface area contributed by atoms with Gasteiger partial charge < -0.3 is 14.6 Å². The fraction of sp³-hybridized carbons (Fsp3) is 0.600. The van der Waals surface area contributed by atoms with E-state index in [1.807, 2.05) is 40.8 Å². The number of aliphatic hydroxyl groups is 1. The summed E-state index contributed by atoms with van der Waals surface area (Å²) in [6.45, 7) is 4.18. The minimum Gasteiger partial charge on any atom is -0.389 e. The van der Waals surface area contributed by atoms with Crippen LogP contribution in [-0.4, -0.2) is 62.1 Å². The number of amides is 1. The van der Waals surface area contributed by atoms with Crippen LogP contribution in [0.1, 0.15) is 48.2 Å². The maximum atomic E-state index is 13.3. The molecule has 7 heteroatoms. The average Bonchev–Trinajstić information content (AvgIpc) is 3.08. The highest BCUT2D eigenvalue weighted by atomic mass is 35.5. The molecule has 1 amide bonds. The lowest BCUT2D eigenvalue weighted by Crippen LogP contribution is -2.45. The largest absolute Gasteiger partial charge is 0.389 e. The molecule has 1 aromatic carbocycles. The normalized spacial score (nSPS) is 26.7. The van der Waals surface area contributed by atoms with Crippen LogP contribution in [0.15, 0.2) is 36.8 Å². The maximum Gasteiger partial charge on any atom is 0.274 e. The number of carbonyl (C=O) groups excluding carboxylic acids is 1. The first-order valence-corrected chi connectivity index (χ1v) is 12.2. The number of fused-ring (bicyclic) bond motifs is 1. The third-order valence-electron chi connectivity index (χ3n) is 7.65. The number of piperidine rings is 1. The van der Waals surface area contributed by atoms with Gasteiger partial charge in [0.1, 0.15) is 5.69 Å². The number of benzene rings is 1. The van der Waals surface area contributed by atoms with Crippen molar-refractivity contribution in [3.8, 4) is 0 Å². The molecule has 2 saturated carbocycles. The van der Waals surface area contributed by atoms with Crippen LogP contribution in [0.4, 0.5) is 0 Å². The Balaban J connectivity index is 1.22. The molecule has 3 aliphatic rings. The number of imidazole rings is 1. The van der Waals surface area contributed by atoms with Crippen LogP contribution < -0.4 is 0 Å². The zero-order valence-corrected chi connectivity index (χ0v) is 19.5. The van der Waals surface area contributed by atoms with E-state index in [9.17, 15) is 9.90 Å². The monoisotopic (exact) mass is 456 g/mol. The molecular weight excluding hydrogens is 424 g/mol.